The van der Waals surface area contributed by atoms with Crippen LogP contribution in [0.5, 0.6) is 0 Å². The second kappa shape index (κ2) is 4.79. The Hall–Kier alpha value is -1.97. The van der Waals surface area contributed by atoms with Gasteiger partial charge in [-0.2, -0.15) is 13.2 Å². The molecule has 0 saturated heterocycles. The molecule has 0 radical (unpaired) electrons. The van der Waals surface area contributed by atoms with Crippen LogP contribution < -0.4 is 0 Å². The van der Waals surface area contributed by atoms with E-state index in [1.807, 2.05) is 42.7 Å². The molecule has 0 spiro atoms. The number of rotatable bonds is 2. The van der Waals surface area contributed by atoms with Gasteiger partial charge in [-0.15, -0.1) is 0 Å². The number of hydrogen-bond acceptors (Lipinski definition) is 0. The van der Waals surface area contributed by atoms with Crippen molar-refractivity contribution < 1.29 is 13.2 Å². The van der Waals surface area contributed by atoms with E-state index in [0.717, 1.165) is 28.8 Å². The zero-order valence-corrected chi connectivity index (χ0v) is 11.9. The highest BCUT2D eigenvalue weighted by molar-refractivity contribution is 6.08. The van der Waals surface area contributed by atoms with E-state index in [-0.39, 0.29) is 6.04 Å². The lowest BCUT2D eigenvalue weighted by molar-refractivity contribution is -0.137. The number of para-hydroxylation sites is 1. The van der Waals surface area contributed by atoms with Crippen LogP contribution in [0.25, 0.3) is 21.8 Å². The van der Waals surface area contributed by atoms with Crippen LogP contribution in [0.2, 0.25) is 0 Å². The van der Waals surface area contributed by atoms with Crippen molar-refractivity contribution in [1.82, 2.24) is 4.57 Å². The largest absolute Gasteiger partial charge is 0.416 e. The van der Waals surface area contributed by atoms with Gasteiger partial charge in [0, 0.05) is 27.8 Å². The van der Waals surface area contributed by atoms with Gasteiger partial charge in [-0.05, 0) is 31.5 Å². The van der Waals surface area contributed by atoms with E-state index < -0.39 is 11.7 Å². The SMILES string of the molecule is CCC(C)n1c2ccccc2c2ccc(C(F)(F)F)cc21. The Bertz CT molecular complexity index is 799. The fourth-order valence-electron chi connectivity index (χ4n) is 2.83. The van der Waals surface area contributed by atoms with Crippen LogP contribution in [0.4, 0.5) is 13.2 Å². The summed E-state index contributed by atoms with van der Waals surface area (Å²) >= 11 is 0. The highest BCUT2D eigenvalue weighted by Crippen LogP contribution is 2.37. The molecule has 0 fully saturated rings. The molecule has 2 aromatic carbocycles. The minimum Gasteiger partial charge on any atom is -0.338 e. The maximum atomic E-state index is 13.0. The fraction of sp³-hybridized carbons (Fsp3) is 0.294. The monoisotopic (exact) mass is 291 g/mol. The van der Waals surface area contributed by atoms with E-state index in [0.29, 0.717) is 5.52 Å². The average Bonchev–Trinajstić information content (AvgIpc) is 2.79. The first-order valence-electron chi connectivity index (χ1n) is 7.03. The van der Waals surface area contributed by atoms with Crippen LogP contribution in [-0.4, -0.2) is 4.57 Å². The molecule has 0 aliphatic heterocycles. The van der Waals surface area contributed by atoms with Crippen LogP contribution >= 0.6 is 0 Å². The fourth-order valence-corrected chi connectivity index (χ4v) is 2.83. The van der Waals surface area contributed by atoms with E-state index in [4.69, 9.17) is 0 Å². The van der Waals surface area contributed by atoms with E-state index in [1.54, 1.807) is 6.07 Å². The molecule has 3 aromatic rings. The van der Waals surface area contributed by atoms with Gasteiger partial charge < -0.3 is 4.57 Å². The summed E-state index contributed by atoms with van der Waals surface area (Å²) in [6.45, 7) is 4.07. The first kappa shape index (κ1) is 14.0. The van der Waals surface area contributed by atoms with Crippen molar-refractivity contribution in [3.05, 3.63) is 48.0 Å². The van der Waals surface area contributed by atoms with Crippen LogP contribution in [0.15, 0.2) is 42.5 Å². The Kier molecular flexibility index (Phi) is 3.19. The Morgan fingerprint density at radius 3 is 2.33 bits per heavy atom. The minimum atomic E-state index is -4.31. The van der Waals surface area contributed by atoms with E-state index in [1.165, 1.54) is 6.07 Å². The molecule has 0 saturated carbocycles. The number of nitrogens with zero attached hydrogens (tertiary/aromatic N) is 1. The highest BCUT2D eigenvalue weighted by atomic mass is 19.4. The number of benzene rings is 2. The molecule has 1 atom stereocenters. The van der Waals surface area contributed by atoms with E-state index >= 15 is 0 Å². The molecule has 1 aromatic heterocycles. The lowest BCUT2D eigenvalue weighted by atomic mass is 10.1. The third kappa shape index (κ3) is 2.19. The number of aromatic nitrogens is 1. The molecule has 0 aliphatic rings. The summed E-state index contributed by atoms with van der Waals surface area (Å²) in [7, 11) is 0. The lowest BCUT2D eigenvalue weighted by Gasteiger charge is -2.15. The van der Waals surface area contributed by atoms with Gasteiger partial charge in [-0.3, -0.25) is 0 Å². The maximum absolute atomic E-state index is 13.0. The van der Waals surface area contributed by atoms with Crippen molar-refractivity contribution in [2.45, 2.75) is 32.5 Å². The first-order valence-corrected chi connectivity index (χ1v) is 7.03. The Morgan fingerprint density at radius 2 is 1.67 bits per heavy atom. The maximum Gasteiger partial charge on any atom is 0.416 e. The molecule has 1 unspecified atom stereocenters. The predicted octanol–water partition coefficient (Wildman–Crippen LogP) is 5.78. The number of fused-ring (bicyclic) bond motifs is 3. The first-order chi connectivity index (χ1) is 9.93. The van der Waals surface area contributed by atoms with Crippen LogP contribution in [-0.2, 0) is 6.18 Å². The third-order valence-corrected chi connectivity index (χ3v) is 4.07. The molecule has 0 aliphatic carbocycles. The van der Waals surface area contributed by atoms with Crippen molar-refractivity contribution in [2.75, 3.05) is 0 Å². The van der Waals surface area contributed by atoms with Gasteiger partial charge in [-0.25, -0.2) is 0 Å². The summed E-state index contributed by atoms with van der Waals surface area (Å²) in [4.78, 5) is 0. The lowest BCUT2D eigenvalue weighted by Crippen LogP contribution is -2.07. The minimum absolute atomic E-state index is 0.149. The molecule has 0 N–H and O–H groups in total. The summed E-state index contributed by atoms with van der Waals surface area (Å²) in [5.74, 6) is 0. The van der Waals surface area contributed by atoms with Gasteiger partial charge in [0.25, 0.3) is 0 Å². The predicted molar refractivity (Wildman–Crippen MR) is 79.4 cm³/mol. The normalized spacial score (nSPS) is 14.0. The Balaban J connectivity index is 2.42. The molecular formula is C17H16F3N. The molecule has 4 heteroatoms. The number of halogens is 3. The molecular weight excluding hydrogens is 275 g/mol. The van der Waals surface area contributed by atoms with Gasteiger partial charge in [0.2, 0.25) is 0 Å². The summed E-state index contributed by atoms with van der Waals surface area (Å²) < 4.78 is 40.9. The molecule has 0 amide bonds. The second-order valence-electron chi connectivity index (χ2n) is 5.37. The smallest absolute Gasteiger partial charge is 0.338 e. The standard InChI is InChI=1S/C17H16F3N/c1-3-11(2)21-15-7-5-4-6-13(15)14-9-8-12(10-16(14)21)17(18,19)20/h4-11H,3H2,1-2H3. The molecule has 110 valence electrons. The van der Waals surface area contributed by atoms with Gasteiger partial charge in [0.15, 0.2) is 0 Å². The van der Waals surface area contributed by atoms with Gasteiger partial charge in [0.05, 0.1) is 5.56 Å². The molecule has 1 nitrogen and oxygen atoms in total. The number of alkyl halides is 3. The second-order valence-corrected chi connectivity index (χ2v) is 5.37. The zero-order chi connectivity index (χ0) is 15.2. The summed E-state index contributed by atoms with van der Waals surface area (Å²) in [6, 6.07) is 11.9. The van der Waals surface area contributed by atoms with Gasteiger partial charge in [0.1, 0.15) is 0 Å². The van der Waals surface area contributed by atoms with Gasteiger partial charge >= 0.3 is 6.18 Å². The van der Waals surface area contributed by atoms with Crippen molar-refractivity contribution in [1.29, 1.82) is 0 Å². The van der Waals surface area contributed by atoms with Crippen molar-refractivity contribution in [3.63, 3.8) is 0 Å². The van der Waals surface area contributed by atoms with Crippen LogP contribution in [0, 0.1) is 0 Å². The summed E-state index contributed by atoms with van der Waals surface area (Å²) in [5, 5.41) is 1.88. The highest BCUT2D eigenvalue weighted by Gasteiger charge is 2.31. The van der Waals surface area contributed by atoms with Crippen LogP contribution in [0.1, 0.15) is 31.9 Å². The topological polar surface area (TPSA) is 4.93 Å². The van der Waals surface area contributed by atoms with E-state index in [9.17, 15) is 13.2 Å². The van der Waals surface area contributed by atoms with Crippen molar-refractivity contribution in [2.24, 2.45) is 0 Å². The summed E-state index contributed by atoms with van der Waals surface area (Å²) in [5.41, 5.74) is 1.05. The molecule has 1 heterocycles. The van der Waals surface area contributed by atoms with Crippen molar-refractivity contribution in [3.8, 4) is 0 Å². The third-order valence-electron chi connectivity index (χ3n) is 4.07. The summed E-state index contributed by atoms with van der Waals surface area (Å²) in [6.07, 6.45) is -3.45. The Labute approximate surface area is 121 Å². The average molecular weight is 291 g/mol. The zero-order valence-electron chi connectivity index (χ0n) is 11.9. The molecule has 3 rings (SSSR count). The Morgan fingerprint density at radius 1 is 1.00 bits per heavy atom. The van der Waals surface area contributed by atoms with E-state index in [2.05, 4.69) is 0 Å². The van der Waals surface area contributed by atoms with Gasteiger partial charge in [-0.1, -0.05) is 31.2 Å². The van der Waals surface area contributed by atoms with Crippen LogP contribution in [0.3, 0.4) is 0 Å². The van der Waals surface area contributed by atoms with Crippen molar-refractivity contribution >= 4 is 21.8 Å². The number of hydrogen-bond donors (Lipinski definition) is 0. The molecule has 21 heavy (non-hydrogen) atoms. The molecule has 0 bridgehead atoms. The quantitative estimate of drug-likeness (QED) is 0.563.